The summed E-state index contributed by atoms with van der Waals surface area (Å²) in [6.45, 7) is 3.09. The molecule has 0 radical (unpaired) electrons. The number of rotatable bonds is 2. The number of carbonyl (C=O) groups is 2. The van der Waals surface area contributed by atoms with E-state index in [1.165, 1.54) is 6.26 Å². The fourth-order valence-electron chi connectivity index (χ4n) is 2.26. The molecule has 1 aromatic rings. The summed E-state index contributed by atoms with van der Waals surface area (Å²) >= 11 is 0. The highest BCUT2D eigenvalue weighted by molar-refractivity contribution is 5.95. The molecule has 19 heavy (non-hydrogen) atoms. The van der Waals surface area contributed by atoms with Crippen LogP contribution in [0.25, 0.3) is 0 Å². The fourth-order valence-corrected chi connectivity index (χ4v) is 2.26. The van der Waals surface area contributed by atoms with Crippen molar-refractivity contribution in [2.24, 2.45) is 0 Å². The zero-order valence-corrected chi connectivity index (χ0v) is 11.2. The monoisotopic (exact) mass is 265 g/mol. The third-order valence-corrected chi connectivity index (χ3v) is 3.43. The van der Waals surface area contributed by atoms with E-state index >= 15 is 0 Å². The number of carbonyl (C=O) groups excluding carboxylic acids is 2. The van der Waals surface area contributed by atoms with Crippen LogP contribution < -0.4 is 10.6 Å². The Morgan fingerprint density at radius 2 is 2.05 bits per heavy atom. The van der Waals surface area contributed by atoms with Crippen molar-refractivity contribution in [2.75, 3.05) is 20.1 Å². The average Bonchev–Trinajstić information content (AvgIpc) is 2.85. The van der Waals surface area contributed by atoms with Gasteiger partial charge >= 0.3 is 6.03 Å². The van der Waals surface area contributed by atoms with Crippen molar-refractivity contribution in [2.45, 2.75) is 25.8 Å². The van der Waals surface area contributed by atoms with Crippen LogP contribution in [-0.4, -0.2) is 43.0 Å². The Balaban J connectivity index is 1.88. The van der Waals surface area contributed by atoms with Crippen molar-refractivity contribution < 1.29 is 14.0 Å². The number of amides is 3. The van der Waals surface area contributed by atoms with Gasteiger partial charge in [0.05, 0.1) is 11.8 Å². The molecule has 3 amide bonds. The van der Waals surface area contributed by atoms with Crippen LogP contribution in [-0.2, 0) is 0 Å². The lowest BCUT2D eigenvalue weighted by Gasteiger charge is -2.32. The number of furan rings is 1. The SMILES string of the molecule is CNC(=O)NC1CCN(C(=O)c2ccoc2C)CC1. The van der Waals surface area contributed by atoms with Crippen LogP contribution in [0.3, 0.4) is 0 Å². The summed E-state index contributed by atoms with van der Waals surface area (Å²) in [5.41, 5.74) is 0.623. The van der Waals surface area contributed by atoms with Gasteiger partial charge in [-0.2, -0.15) is 0 Å². The predicted octanol–water partition coefficient (Wildman–Crippen LogP) is 1.12. The van der Waals surface area contributed by atoms with Gasteiger partial charge in [-0.05, 0) is 25.8 Å². The number of nitrogens with one attached hydrogen (secondary N) is 2. The Morgan fingerprint density at radius 3 is 2.58 bits per heavy atom. The Labute approximate surface area is 112 Å². The van der Waals surface area contributed by atoms with Crippen LogP contribution in [0.2, 0.25) is 0 Å². The number of likely N-dealkylation sites (tertiary alicyclic amines) is 1. The topological polar surface area (TPSA) is 74.6 Å². The van der Waals surface area contributed by atoms with E-state index in [1.54, 1.807) is 24.9 Å². The molecule has 1 aromatic heterocycles. The van der Waals surface area contributed by atoms with Crippen LogP contribution in [0, 0.1) is 6.92 Å². The lowest BCUT2D eigenvalue weighted by molar-refractivity contribution is 0.0706. The lowest BCUT2D eigenvalue weighted by atomic mass is 10.0. The first-order valence-corrected chi connectivity index (χ1v) is 6.43. The lowest BCUT2D eigenvalue weighted by Crippen LogP contribution is -2.48. The average molecular weight is 265 g/mol. The van der Waals surface area contributed by atoms with E-state index in [-0.39, 0.29) is 18.0 Å². The van der Waals surface area contributed by atoms with E-state index in [2.05, 4.69) is 10.6 Å². The third-order valence-electron chi connectivity index (χ3n) is 3.43. The second-order valence-electron chi connectivity index (χ2n) is 4.68. The maximum Gasteiger partial charge on any atom is 0.314 e. The molecule has 1 aliphatic rings. The zero-order valence-electron chi connectivity index (χ0n) is 11.2. The van der Waals surface area contributed by atoms with Crippen molar-refractivity contribution in [3.05, 3.63) is 23.7 Å². The normalized spacial score (nSPS) is 16.2. The number of urea groups is 1. The van der Waals surface area contributed by atoms with Gasteiger partial charge in [0.15, 0.2) is 0 Å². The molecule has 104 valence electrons. The van der Waals surface area contributed by atoms with Crippen LogP contribution in [0.4, 0.5) is 4.79 Å². The Kier molecular flexibility index (Phi) is 4.09. The number of hydrogen-bond acceptors (Lipinski definition) is 3. The molecule has 6 heteroatoms. The van der Waals surface area contributed by atoms with Crippen LogP contribution in [0.15, 0.2) is 16.7 Å². The smallest absolute Gasteiger partial charge is 0.314 e. The van der Waals surface area contributed by atoms with E-state index in [0.717, 1.165) is 12.8 Å². The van der Waals surface area contributed by atoms with Crippen molar-refractivity contribution in [3.8, 4) is 0 Å². The van der Waals surface area contributed by atoms with Crippen molar-refractivity contribution >= 4 is 11.9 Å². The largest absolute Gasteiger partial charge is 0.469 e. The Hall–Kier alpha value is -1.98. The summed E-state index contributed by atoms with van der Waals surface area (Å²) in [5, 5.41) is 5.40. The van der Waals surface area contributed by atoms with Crippen molar-refractivity contribution in [3.63, 3.8) is 0 Å². The fraction of sp³-hybridized carbons (Fsp3) is 0.538. The first kappa shape index (κ1) is 13.5. The molecule has 1 aliphatic heterocycles. The van der Waals surface area contributed by atoms with Gasteiger partial charge in [-0.1, -0.05) is 0 Å². The second kappa shape index (κ2) is 5.77. The van der Waals surface area contributed by atoms with E-state index < -0.39 is 0 Å². The molecule has 0 spiro atoms. The van der Waals surface area contributed by atoms with Gasteiger partial charge in [0, 0.05) is 26.2 Å². The van der Waals surface area contributed by atoms with Gasteiger partial charge in [-0.15, -0.1) is 0 Å². The number of piperidine rings is 1. The number of aryl methyl sites for hydroxylation is 1. The standard InChI is InChI=1S/C13H19N3O3/c1-9-11(5-8-19-9)12(17)16-6-3-10(4-7-16)15-13(18)14-2/h5,8,10H,3-4,6-7H2,1-2H3,(H2,14,15,18). The second-order valence-corrected chi connectivity index (χ2v) is 4.68. The van der Waals surface area contributed by atoms with Gasteiger partial charge in [0.25, 0.3) is 5.91 Å². The molecule has 0 atom stereocenters. The molecule has 1 fully saturated rings. The van der Waals surface area contributed by atoms with Gasteiger partial charge in [-0.25, -0.2) is 4.79 Å². The van der Waals surface area contributed by atoms with Crippen LogP contribution in [0.5, 0.6) is 0 Å². The van der Waals surface area contributed by atoms with E-state index in [1.807, 2.05) is 0 Å². The molecule has 1 saturated heterocycles. The van der Waals surface area contributed by atoms with Crippen LogP contribution in [0.1, 0.15) is 29.0 Å². The van der Waals surface area contributed by atoms with Gasteiger partial charge in [-0.3, -0.25) is 4.79 Å². The maximum atomic E-state index is 12.2. The summed E-state index contributed by atoms with van der Waals surface area (Å²) in [5.74, 6) is 0.653. The summed E-state index contributed by atoms with van der Waals surface area (Å²) < 4.78 is 5.15. The molecule has 2 heterocycles. The van der Waals surface area contributed by atoms with Crippen LogP contribution >= 0.6 is 0 Å². The Bertz CT molecular complexity index is 461. The molecular weight excluding hydrogens is 246 g/mol. The highest BCUT2D eigenvalue weighted by atomic mass is 16.3. The van der Waals surface area contributed by atoms with E-state index in [9.17, 15) is 9.59 Å². The first-order chi connectivity index (χ1) is 9.11. The minimum absolute atomic E-state index is 0.00430. The quantitative estimate of drug-likeness (QED) is 0.841. The molecule has 0 aromatic carbocycles. The van der Waals surface area contributed by atoms with E-state index in [4.69, 9.17) is 4.42 Å². The van der Waals surface area contributed by atoms with Gasteiger partial charge < -0.3 is 20.0 Å². The molecule has 6 nitrogen and oxygen atoms in total. The summed E-state index contributed by atoms with van der Waals surface area (Å²) in [7, 11) is 1.59. The number of hydrogen-bond donors (Lipinski definition) is 2. The van der Waals surface area contributed by atoms with Gasteiger partial charge in [0.2, 0.25) is 0 Å². The molecule has 2 N–H and O–H groups in total. The molecule has 0 bridgehead atoms. The maximum absolute atomic E-state index is 12.2. The summed E-state index contributed by atoms with van der Waals surface area (Å²) in [4.78, 5) is 25.3. The third kappa shape index (κ3) is 3.07. The molecule has 2 rings (SSSR count). The first-order valence-electron chi connectivity index (χ1n) is 6.43. The molecular formula is C13H19N3O3. The number of nitrogens with zero attached hydrogens (tertiary/aromatic N) is 1. The molecule has 0 unspecified atom stereocenters. The molecule has 0 saturated carbocycles. The summed E-state index contributed by atoms with van der Waals surface area (Å²) in [6, 6.07) is 1.66. The van der Waals surface area contributed by atoms with Gasteiger partial charge in [0.1, 0.15) is 5.76 Å². The minimum atomic E-state index is -0.171. The highest BCUT2D eigenvalue weighted by Gasteiger charge is 2.25. The summed E-state index contributed by atoms with van der Waals surface area (Å²) in [6.07, 6.45) is 3.08. The van der Waals surface area contributed by atoms with E-state index in [0.29, 0.717) is 24.4 Å². The van der Waals surface area contributed by atoms with Crippen molar-refractivity contribution in [1.82, 2.24) is 15.5 Å². The van der Waals surface area contributed by atoms with Crippen molar-refractivity contribution in [1.29, 1.82) is 0 Å². The highest BCUT2D eigenvalue weighted by Crippen LogP contribution is 2.16. The predicted molar refractivity (Wildman–Crippen MR) is 70.0 cm³/mol. The Morgan fingerprint density at radius 1 is 1.37 bits per heavy atom. The molecule has 0 aliphatic carbocycles. The zero-order chi connectivity index (χ0) is 13.8. The minimum Gasteiger partial charge on any atom is -0.469 e.